The van der Waals surface area contributed by atoms with Crippen molar-refractivity contribution in [3.8, 4) is 0 Å². The standard InChI is InChI=1S/C10H9Cl2IN2O3S/c11-9-2-8(7(13)3-14-9)15-4-6(1-10(15)16)5-19(12,17)18/h2-3,6H,1,4-5H2. The number of aromatic nitrogens is 1. The van der Waals surface area contributed by atoms with Gasteiger partial charge in [0.25, 0.3) is 0 Å². The molecule has 5 nitrogen and oxygen atoms in total. The topological polar surface area (TPSA) is 67.3 Å². The van der Waals surface area contributed by atoms with Crippen LogP contribution in [0.5, 0.6) is 0 Å². The first kappa shape index (κ1) is 15.3. The minimum atomic E-state index is -3.60. The SMILES string of the molecule is O=C1CC(CS(=O)(=O)Cl)CN1c1cc(Cl)ncc1I. The van der Waals surface area contributed by atoms with Gasteiger partial charge in [0.05, 0.1) is 15.0 Å². The second-order valence-electron chi connectivity index (χ2n) is 4.24. The van der Waals surface area contributed by atoms with Crippen LogP contribution < -0.4 is 4.90 Å². The Bertz CT molecular complexity index is 623. The Morgan fingerprint density at radius 3 is 2.84 bits per heavy atom. The van der Waals surface area contributed by atoms with Crippen LogP contribution in [-0.4, -0.2) is 31.6 Å². The molecule has 2 heterocycles. The molecule has 104 valence electrons. The highest BCUT2D eigenvalue weighted by molar-refractivity contribution is 14.1. The lowest BCUT2D eigenvalue weighted by molar-refractivity contribution is -0.117. The van der Waals surface area contributed by atoms with Crippen molar-refractivity contribution in [2.45, 2.75) is 6.42 Å². The van der Waals surface area contributed by atoms with Crippen molar-refractivity contribution in [1.82, 2.24) is 4.98 Å². The fourth-order valence-electron chi connectivity index (χ4n) is 2.02. The van der Waals surface area contributed by atoms with Gasteiger partial charge in [-0.3, -0.25) is 4.79 Å². The largest absolute Gasteiger partial charge is 0.311 e. The van der Waals surface area contributed by atoms with Gasteiger partial charge in [-0.05, 0) is 22.6 Å². The fourth-order valence-corrected chi connectivity index (χ4v) is 4.08. The van der Waals surface area contributed by atoms with Crippen LogP contribution in [0.2, 0.25) is 5.15 Å². The highest BCUT2D eigenvalue weighted by atomic mass is 127. The lowest BCUT2D eigenvalue weighted by Crippen LogP contribution is -2.26. The summed E-state index contributed by atoms with van der Waals surface area (Å²) in [6.07, 6.45) is 1.74. The quantitative estimate of drug-likeness (QED) is 0.415. The predicted octanol–water partition coefficient (Wildman–Crippen LogP) is 2.26. The first-order chi connectivity index (χ1) is 8.76. The maximum absolute atomic E-state index is 12.0. The monoisotopic (exact) mass is 434 g/mol. The van der Waals surface area contributed by atoms with E-state index >= 15 is 0 Å². The second-order valence-corrected chi connectivity index (χ2v) is 8.61. The van der Waals surface area contributed by atoms with Gasteiger partial charge in [-0.25, -0.2) is 13.4 Å². The van der Waals surface area contributed by atoms with Crippen LogP contribution in [0, 0.1) is 9.49 Å². The maximum atomic E-state index is 12.0. The lowest BCUT2D eigenvalue weighted by atomic mass is 10.1. The Labute approximate surface area is 133 Å². The van der Waals surface area contributed by atoms with Crippen LogP contribution in [0.25, 0.3) is 0 Å². The molecule has 0 saturated carbocycles. The van der Waals surface area contributed by atoms with Crippen molar-refractivity contribution >= 4 is 65.5 Å². The average molecular weight is 435 g/mol. The summed E-state index contributed by atoms with van der Waals surface area (Å²) < 4.78 is 22.9. The molecule has 19 heavy (non-hydrogen) atoms. The van der Waals surface area contributed by atoms with E-state index in [1.807, 2.05) is 0 Å². The summed E-state index contributed by atoms with van der Waals surface area (Å²) in [6, 6.07) is 1.60. The van der Waals surface area contributed by atoms with E-state index in [9.17, 15) is 13.2 Å². The van der Waals surface area contributed by atoms with E-state index < -0.39 is 9.05 Å². The normalized spacial score (nSPS) is 20.1. The van der Waals surface area contributed by atoms with E-state index in [0.717, 1.165) is 3.57 Å². The minimum absolute atomic E-state index is 0.134. The highest BCUT2D eigenvalue weighted by Crippen LogP contribution is 2.31. The van der Waals surface area contributed by atoms with Crippen LogP contribution in [0.3, 0.4) is 0 Å². The average Bonchev–Trinajstić information content (AvgIpc) is 2.60. The lowest BCUT2D eigenvalue weighted by Gasteiger charge is -2.18. The van der Waals surface area contributed by atoms with Gasteiger partial charge in [0.1, 0.15) is 5.15 Å². The number of rotatable bonds is 3. The number of amides is 1. The van der Waals surface area contributed by atoms with Gasteiger partial charge in [0.2, 0.25) is 15.0 Å². The summed E-state index contributed by atoms with van der Waals surface area (Å²) >= 11 is 7.87. The number of carbonyl (C=O) groups is 1. The van der Waals surface area contributed by atoms with Crippen LogP contribution in [0.15, 0.2) is 12.3 Å². The first-order valence-corrected chi connectivity index (χ1v) is 9.23. The van der Waals surface area contributed by atoms with E-state index in [4.69, 9.17) is 22.3 Å². The number of halogens is 3. The second kappa shape index (κ2) is 5.71. The number of hydrogen-bond acceptors (Lipinski definition) is 4. The van der Waals surface area contributed by atoms with E-state index in [2.05, 4.69) is 27.6 Å². The summed E-state index contributed by atoms with van der Waals surface area (Å²) in [4.78, 5) is 17.4. The number of hydrogen-bond donors (Lipinski definition) is 0. The van der Waals surface area contributed by atoms with E-state index in [0.29, 0.717) is 12.2 Å². The van der Waals surface area contributed by atoms with Gasteiger partial charge >= 0.3 is 0 Å². The smallest absolute Gasteiger partial charge is 0.232 e. The van der Waals surface area contributed by atoms with Crippen molar-refractivity contribution in [2.24, 2.45) is 5.92 Å². The molecule has 0 bridgehead atoms. The third-order valence-electron chi connectivity index (χ3n) is 2.73. The summed E-state index contributed by atoms with van der Waals surface area (Å²) in [7, 11) is 1.62. The van der Waals surface area contributed by atoms with Crippen molar-refractivity contribution in [1.29, 1.82) is 0 Å². The molecule has 1 aliphatic rings. The molecular weight excluding hydrogens is 426 g/mol. The van der Waals surface area contributed by atoms with Crippen molar-refractivity contribution in [3.63, 3.8) is 0 Å². The number of nitrogens with zero attached hydrogens (tertiary/aromatic N) is 2. The molecular formula is C10H9Cl2IN2O3S. The van der Waals surface area contributed by atoms with Crippen molar-refractivity contribution in [2.75, 3.05) is 17.2 Å². The third kappa shape index (κ3) is 3.93. The molecule has 1 aromatic rings. The van der Waals surface area contributed by atoms with Crippen molar-refractivity contribution < 1.29 is 13.2 Å². The zero-order valence-corrected chi connectivity index (χ0v) is 14.0. The third-order valence-corrected chi connectivity index (χ3v) is 5.02. The van der Waals surface area contributed by atoms with Crippen LogP contribution in [0.1, 0.15) is 6.42 Å². The fraction of sp³-hybridized carbons (Fsp3) is 0.400. The van der Waals surface area contributed by atoms with Crippen molar-refractivity contribution in [3.05, 3.63) is 21.0 Å². The van der Waals surface area contributed by atoms with E-state index in [1.165, 1.54) is 4.90 Å². The Kier molecular flexibility index (Phi) is 4.59. The first-order valence-electron chi connectivity index (χ1n) is 5.30. The molecule has 0 aromatic carbocycles. The van der Waals surface area contributed by atoms with Crippen LogP contribution >= 0.6 is 44.9 Å². The summed E-state index contributed by atoms with van der Waals surface area (Å²) in [6.45, 7) is 0.321. The van der Waals surface area contributed by atoms with E-state index in [1.54, 1.807) is 12.3 Å². The Balaban J connectivity index is 2.23. The molecule has 0 spiro atoms. The number of anilines is 1. The molecule has 0 radical (unpaired) electrons. The summed E-state index contributed by atoms with van der Waals surface area (Å²) in [5.74, 6) is -0.630. The molecule has 1 unspecified atom stereocenters. The molecule has 1 saturated heterocycles. The van der Waals surface area contributed by atoms with Gasteiger partial charge in [-0.1, -0.05) is 11.6 Å². The molecule has 2 rings (SSSR count). The molecule has 1 aliphatic heterocycles. The molecule has 0 N–H and O–H groups in total. The summed E-state index contributed by atoms with van der Waals surface area (Å²) in [5.41, 5.74) is 0.653. The predicted molar refractivity (Wildman–Crippen MR) is 82.1 cm³/mol. The van der Waals surface area contributed by atoms with Gasteiger partial charge in [-0.15, -0.1) is 0 Å². The zero-order valence-electron chi connectivity index (χ0n) is 9.51. The highest BCUT2D eigenvalue weighted by Gasteiger charge is 2.34. The maximum Gasteiger partial charge on any atom is 0.232 e. The van der Waals surface area contributed by atoms with Crippen LogP contribution in [0.4, 0.5) is 5.69 Å². The Morgan fingerprint density at radius 2 is 2.21 bits per heavy atom. The minimum Gasteiger partial charge on any atom is -0.311 e. The molecule has 9 heteroatoms. The van der Waals surface area contributed by atoms with Gasteiger partial charge < -0.3 is 4.90 Å². The van der Waals surface area contributed by atoms with E-state index in [-0.39, 0.29) is 29.2 Å². The molecule has 1 fully saturated rings. The van der Waals surface area contributed by atoms with Gasteiger partial charge in [0, 0.05) is 41.8 Å². The summed E-state index contributed by atoms with van der Waals surface area (Å²) in [5, 5.41) is 0.289. The Morgan fingerprint density at radius 1 is 1.53 bits per heavy atom. The molecule has 1 atom stereocenters. The van der Waals surface area contributed by atoms with Gasteiger partial charge in [0.15, 0.2) is 0 Å². The number of pyridine rings is 1. The zero-order chi connectivity index (χ0) is 14.2. The molecule has 1 aromatic heterocycles. The Hall–Kier alpha value is -0.120. The number of carbonyl (C=O) groups excluding carboxylic acids is 1. The van der Waals surface area contributed by atoms with Gasteiger partial charge in [-0.2, -0.15) is 0 Å². The molecule has 0 aliphatic carbocycles. The molecule has 1 amide bonds. The van der Waals surface area contributed by atoms with Crippen LogP contribution in [-0.2, 0) is 13.8 Å².